The average Bonchev–Trinajstić information content (AvgIpc) is 2.61. The molecule has 0 unspecified atom stereocenters. The standard InChI is InChI=1S/C19H19F2NO2/c20-19(21)7-9-22(10-8-19)18(24)17-6-2-5-16(12-17)15-4-1-3-14(11-15)13-23/h1-6,11-12,23H,7-10,13H2. The minimum absolute atomic E-state index is 0.0472. The summed E-state index contributed by atoms with van der Waals surface area (Å²) in [6.45, 7) is 0.112. The minimum atomic E-state index is -2.66. The van der Waals surface area contributed by atoms with E-state index in [1.165, 1.54) is 4.90 Å². The molecule has 3 rings (SSSR count). The zero-order chi connectivity index (χ0) is 17.2. The largest absolute Gasteiger partial charge is 0.392 e. The van der Waals surface area contributed by atoms with Crippen molar-refractivity contribution in [2.75, 3.05) is 13.1 Å². The molecule has 3 nitrogen and oxygen atoms in total. The second-order valence-corrected chi connectivity index (χ2v) is 6.09. The summed E-state index contributed by atoms with van der Waals surface area (Å²) >= 11 is 0. The number of piperidine rings is 1. The number of halogens is 2. The van der Waals surface area contributed by atoms with Gasteiger partial charge in [0.05, 0.1) is 6.61 Å². The molecule has 0 aliphatic carbocycles. The Kier molecular flexibility index (Phi) is 4.62. The monoisotopic (exact) mass is 331 g/mol. The van der Waals surface area contributed by atoms with Crippen LogP contribution in [0.25, 0.3) is 11.1 Å². The van der Waals surface area contributed by atoms with Crippen molar-refractivity contribution in [2.24, 2.45) is 0 Å². The van der Waals surface area contributed by atoms with E-state index in [-0.39, 0.29) is 38.4 Å². The van der Waals surface area contributed by atoms with Crippen molar-refractivity contribution in [2.45, 2.75) is 25.4 Å². The molecule has 0 spiro atoms. The van der Waals surface area contributed by atoms with Crippen molar-refractivity contribution < 1.29 is 18.7 Å². The molecule has 24 heavy (non-hydrogen) atoms. The van der Waals surface area contributed by atoms with Crippen molar-refractivity contribution in [3.8, 4) is 11.1 Å². The van der Waals surface area contributed by atoms with Gasteiger partial charge in [0.15, 0.2) is 0 Å². The van der Waals surface area contributed by atoms with E-state index in [0.29, 0.717) is 5.56 Å². The molecule has 0 radical (unpaired) electrons. The molecule has 1 amide bonds. The van der Waals surface area contributed by atoms with Gasteiger partial charge in [0.1, 0.15) is 0 Å². The number of carbonyl (C=O) groups is 1. The molecule has 126 valence electrons. The topological polar surface area (TPSA) is 40.5 Å². The Labute approximate surface area is 139 Å². The number of nitrogens with zero attached hydrogens (tertiary/aromatic N) is 1. The molecule has 5 heteroatoms. The smallest absolute Gasteiger partial charge is 0.253 e. The fraction of sp³-hybridized carbons (Fsp3) is 0.316. The van der Waals surface area contributed by atoms with Gasteiger partial charge in [-0.2, -0.15) is 0 Å². The van der Waals surface area contributed by atoms with E-state index in [4.69, 9.17) is 0 Å². The second-order valence-electron chi connectivity index (χ2n) is 6.09. The molecular weight excluding hydrogens is 312 g/mol. The van der Waals surface area contributed by atoms with Crippen LogP contribution in [0.15, 0.2) is 48.5 Å². The number of aliphatic hydroxyl groups excluding tert-OH is 1. The van der Waals surface area contributed by atoms with Gasteiger partial charge in [-0.05, 0) is 34.9 Å². The summed E-state index contributed by atoms with van der Waals surface area (Å²) in [6.07, 6.45) is -0.562. The van der Waals surface area contributed by atoms with Gasteiger partial charge >= 0.3 is 0 Å². The Bertz CT molecular complexity index is 736. The molecule has 1 saturated heterocycles. The summed E-state index contributed by atoms with van der Waals surface area (Å²) in [6, 6.07) is 14.6. The Morgan fingerprint density at radius 1 is 1.04 bits per heavy atom. The SMILES string of the molecule is O=C(c1cccc(-c2cccc(CO)c2)c1)N1CCC(F)(F)CC1. The van der Waals surface area contributed by atoms with E-state index < -0.39 is 5.92 Å². The lowest BCUT2D eigenvalue weighted by molar-refractivity contribution is -0.0494. The number of rotatable bonds is 3. The number of alkyl halides is 2. The van der Waals surface area contributed by atoms with Crippen LogP contribution in [0.1, 0.15) is 28.8 Å². The summed E-state index contributed by atoms with van der Waals surface area (Å²) in [7, 11) is 0. The molecule has 2 aromatic carbocycles. The molecule has 1 aliphatic rings. The first-order valence-electron chi connectivity index (χ1n) is 7.96. The summed E-state index contributed by atoms with van der Waals surface area (Å²) in [5, 5.41) is 9.24. The van der Waals surface area contributed by atoms with Crippen LogP contribution < -0.4 is 0 Å². The van der Waals surface area contributed by atoms with Gasteiger partial charge in [-0.1, -0.05) is 30.3 Å². The first kappa shape index (κ1) is 16.6. The van der Waals surface area contributed by atoms with Gasteiger partial charge in [-0.15, -0.1) is 0 Å². The van der Waals surface area contributed by atoms with Gasteiger partial charge in [-0.3, -0.25) is 4.79 Å². The van der Waals surface area contributed by atoms with E-state index in [9.17, 15) is 18.7 Å². The summed E-state index contributed by atoms with van der Waals surface area (Å²) in [5.74, 6) is -2.88. The second kappa shape index (κ2) is 6.69. The first-order chi connectivity index (χ1) is 11.5. The van der Waals surface area contributed by atoms with Crippen LogP contribution in [-0.4, -0.2) is 34.9 Å². The summed E-state index contributed by atoms with van der Waals surface area (Å²) < 4.78 is 26.5. The van der Waals surface area contributed by atoms with Crippen LogP contribution in [0.3, 0.4) is 0 Å². The zero-order valence-corrected chi connectivity index (χ0v) is 13.2. The molecule has 0 atom stereocenters. The number of amides is 1. The Morgan fingerprint density at radius 2 is 1.67 bits per heavy atom. The van der Waals surface area contributed by atoms with E-state index >= 15 is 0 Å². The Balaban J connectivity index is 1.81. The predicted molar refractivity (Wildman–Crippen MR) is 87.9 cm³/mol. The fourth-order valence-corrected chi connectivity index (χ4v) is 2.90. The molecule has 0 bridgehead atoms. The Hall–Kier alpha value is -2.27. The molecule has 1 N–H and O–H groups in total. The van der Waals surface area contributed by atoms with Gasteiger partial charge in [0, 0.05) is 31.5 Å². The molecule has 1 heterocycles. The number of likely N-dealkylation sites (tertiary alicyclic amines) is 1. The quantitative estimate of drug-likeness (QED) is 0.931. The maximum atomic E-state index is 13.2. The number of aliphatic hydroxyl groups is 1. The highest BCUT2D eigenvalue weighted by atomic mass is 19.3. The number of hydrogen-bond acceptors (Lipinski definition) is 2. The highest BCUT2D eigenvalue weighted by Crippen LogP contribution is 2.29. The number of hydrogen-bond donors (Lipinski definition) is 1. The van der Waals surface area contributed by atoms with E-state index in [1.54, 1.807) is 18.2 Å². The first-order valence-corrected chi connectivity index (χ1v) is 7.96. The molecule has 0 aromatic heterocycles. The molecule has 2 aromatic rings. The summed E-state index contributed by atoms with van der Waals surface area (Å²) in [5.41, 5.74) is 3.05. The van der Waals surface area contributed by atoms with Gasteiger partial charge in [0.25, 0.3) is 11.8 Å². The third kappa shape index (κ3) is 3.62. The number of carbonyl (C=O) groups excluding carboxylic acids is 1. The maximum absolute atomic E-state index is 13.2. The lowest BCUT2D eigenvalue weighted by Crippen LogP contribution is -2.42. The van der Waals surface area contributed by atoms with Crippen molar-refractivity contribution in [1.29, 1.82) is 0 Å². The molecular formula is C19H19F2NO2. The minimum Gasteiger partial charge on any atom is -0.392 e. The zero-order valence-electron chi connectivity index (χ0n) is 13.2. The van der Waals surface area contributed by atoms with Crippen molar-refractivity contribution in [3.63, 3.8) is 0 Å². The van der Waals surface area contributed by atoms with Gasteiger partial charge in [0.2, 0.25) is 0 Å². The maximum Gasteiger partial charge on any atom is 0.253 e. The lowest BCUT2D eigenvalue weighted by atomic mass is 10.00. The van der Waals surface area contributed by atoms with Crippen molar-refractivity contribution in [3.05, 3.63) is 59.7 Å². The van der Waals surface area contributed by atoms with Crippen LogP contribution in [0.5, 0.6) is 0 Å². The Morgan fingerprint density at radius 3 is 2.33 bits per heavy atom. The third-order valence-electron chi connectivity index (χ3n) is 4.33. The van der Waals surface area contributed by atoms with Gasteiger partial charge < -0.3 is 10.0 Å². The highest BCUT2D eigenvalue weighted by molar-refractivity contribution is 5.95. The predicted octanol–water partition coefficient (Wildman–Crippen LogP) is 3.72. The normalized spacial score (nSPS) is 16.9. The summed E-state index contributed by atoms with van der Waals surface area (Å²) in [4.78, 5) is 14.0. The third-order valence-corrected chi connectivity index (χ3v) is 4.33. The van der Waals surface area contributed by atoms with E-state index in [1.807, 2.05) is 30.3 Å². The lowest BCUT2D eigenvalue weighted by Gasteiger charge is -2.31. The van der Waals surface area contributed by atoms with E-state index in [0.717, 1.165) is 16.7 Å². The van der Waals surface area contributed by atoms with Crippen LogP contribution in [-0.2, 0) is 6.61 Å². The van der Waals surface area contributed by atoms with Crippen molar-refractivity contribution >= 4 is 5.91 Å². The van der Waals surface area contributed by atoms with Crippen LogP contribution >= 0.6 is 0 Å². The average molecular weight is 331 g/mol. The van der Waals surface area contributed by atoms with Crippen molar-refractivity contribution in [1.82, 2.24) is 4.90 Å². The number of benzene rings is 2. The highest BCUT2D eigenvalue weighted by Gasteiger charge is 2.35. The van der Waals surface area contributed by atoms with Crippen LogP contribution in [0, 0.1) is 0 Å². The van der Waals surface area contributed by atoms with E-state index in [2.05, 4.69) is 0 Å². The van der Waals surface area contributed by atoms with Gasteiger partial charge in [-0.25, -0.2) is 8.78 Å². The molecule has 0 saturated carbocycles. The van der Waals surface area contributed by atoms with Crippen LogP contribution in [0.2, 0.25) is 0 Å². The van der Waals surface area contributed by atoms with Crippen LogP contribution in [0.4, 0.5) is 8.78 Å². The molecule has 1 aliphatic heterocycles. The molecule has 1 fully saturated rings. The fourth-order valence-electron chi connectivity index (χ4n) is 2.90.